The molecule has 8 heteroatoms. The SMILES string of the molecule is COC(=O)/C=C/c1ccc(N2CCN(c3ccccc3O)CC2)c([N+](=O)[O-])c1. The van der Waals surface area contributed by atoms with Crippen LogP contribution in [0.15, 0.2) is 48.5 Å². The standard InChI is InChI=1S/C20H21N3O5/c1-28-20(25)9-7-15-6-8-16(18(14-15)23(26)27)21-10-12-22(13-11-21)17-4-2-3-5-19(17)24/h2-9,14,24H,10-13H2,1H3/b9-7+. The minimum atomic E-state index is -0.521. The van der Waals surface area contributed by atoms with Crippen molar-refractivity contribution in [3.63, 3.8) is 0 Å². The number of ether oxygens (including phenoxy) is 1. The van der Waals surface area contributed by atoms with Gasteiger partial charge in [0.05, 0.1) is 17.7 Å². The number of aromatic hydroxyl groups is 1. The van der Waals surface area contributed by atoms with Gasteiger partial charge >= 0.3 is 5.97 Å². The van der Waals surface area contributed by atoms with E-state index < -0.39 is 10.9 Å². The monoisotopic (exact) mass is 383 g/mol. The van der Waals surface area contributed by atoms with Crippen LogP contribution in [0.25, 0.3) is 6.08 Å². The minimum absolute atomic E-state index is 0.0111. The molecule has 1 saturated heterocycles. The summed E-state index contributed by atoms with van der Waals surface area (Å²) in [6.07, 6.45) is 2.71. The second kappa shape index (κ2) is 8.43. The van der Waals surface area contributed by atoms with Crippen LogP contribution >= 0.6 is 0 Å². The summed E-state index contributed by atoms with van der Waals surface area (Å²) in [5.41, 5.74) is 1.84. The van der Waals surface area contributed by atoms with E-state index in [0.717, 1.165) is 5.69 Å². The number of methoxy groups -OCH3 is 1. The number of nitro groups is 1. The van der Waals surface area contributed by atoms with E-state index in [2.05, 4.69) is 9.64 Å². The number of anilines is 2. The van der Waals surface area contributed by atoms with E-state index in [9.17, 15) is 20.0 Å². The molecular weight excluding hydrogens is 362 g/mol. The largest absolute Gasteiger partial charge is 0.506 e. The number of nitrogens with zero attached hydrogens (tertiary/aromatic N) is 3. The van der Waals surface area contributed by atoms with E-state index in [0.29, 0.717) is 37.4 Å². The summed E-state index contributed by atoms with van der Waals surface area (Å²) >= 11 is 0. The zero-order valence-corrected chi connectivity index (χ0v) is 15.4. The summed E-state index contributed by atoms with van der Waals surface area (Å²) in [6.45, 7) is 2.45. The molecule has 0 aliphatic carbocycles. The van der Waals surface area contributed by atoms with Gasteiger partial charge in [-0.1, -0.05) is 18.2 Å². The molecule has 28 heavy (non-hydrogen) atoms. The predicted octanol–water partition coefficient (Wildman–Crippen LogP) is 2.81. The third-order valence-electron chi connectivity index (χ3n) is 4.65. The van der Waals surface area contributed by atoms with Gasteiger partial charge in [-0.2, -0.15) is 0 Å². The molecule has 0 aromatic heterocycles. The van der Waals surface area contributed by atoms with Crippen molar-refractivity contribution in [2.45, 2.75) is 0 Å². The molecule has 2 aromatic carbocycles. The summed E-state index contributed by atoms with van der Waals surface area (Å²) in [5, 5.41) is 21.6. The van der Waals surface area contributed by atoms with Crippen LogP contribution < -0.4 is 9.80 Å². The molecule has 0 radical (unpaired) electrons. The molecule has 1 fully saturated rings. The maximum absolute atomic E-state index is 11.6. The molecule has 1 aliphatic rings. The number of piperazine rings is 1. The van der Waals surface area contributed by atoms with Crippen LogP contribution in [0.1, 0.15) is 5.56 Å². The lowest BCUT2D eigenvalue weighted by atomic mass is 10.1. The summed E-state index contributed by atoms with van der Waals surface area (Å²) in [5.74, 6) is -0.296. The number of nitro benzene ring substituents is 1. The van der Waals surface area contributed by atoms with Crippen LogP contribution in [0.5, 0.6) is 5.75 Å². The number of phenols is 1. The van der Waals surface area contributed by atoms with Gasteiger partial charge in [-0.25, -0.2) is 4.79 Å². The zero-order chi connectivity index (χ0) is 20.1. The fourth-order valence-electron chi connectivity index (χ4n) is 3.21. The Morgan fingerprint density at radius 1 is 1.11 bits per heavy atom. The van der Waals surface area contributed by atoms with Crippen molar-refractivity contribution < 1.29 is 19.6 Å². The van der Waals surface area contributed by atoms with Crippen LogP contribution in [0, 0.1) is 10.1 Å². The lowest BCUT2D eigenvalue weighted by Gasteiger charge is -2.37. The molecule has 8 nitrogen and oxygen atoms in total. The van der Waals surface area contributed by atoms with E-state index in [1.807, 2.05) is 17.0 Å². The smallest absolute Gasteiger partial charge is 0.330 e. The van der Waals surface area contributed by atoms with Gasteiger partial charge in [-0.15, -0.1) is 0 Å². The van der Waals surface area contributed by atoms with Crippen molar-refractivity contribution in [2.75, 3.05) is 43.1 Å². The summed E-state index contributed by atoms with van der Waals surface area (Å²) in [4.78, 5) is 26.4. The molecular formula is C20H21N3O5. The van der Waals surface area contributed by atoms with Crippen molar-refractivity contribution in [1.29, 1.82) is 0 Å². The number of benzene rings is 2. The van der Waals surface area contributed by atoms with Crippen LogP contribution in [0.3, 0.4) is 0 Å². The zero-order valence-electron chi connectivity index (χ0n) is 15.4. The first-order valence-electron chi connectivity index (χ1n) is 8.82. The first kappa shape index (κ1) is 19.2. The summed E-state index contributed by atoms with van der Waals surface area (Å²) < 4.78 is 4.53. The lowest BCUT2D eigenvalue weighted by Crippen LogP contribution is -2.46. The maximum Gasteiger partial charge on any atom is 0.330 e. The number of esters is 1. The van der Waals surface area contributed by atoms with E-state index >= 15 is 0 Å². The third kappa shape index (κ3) is 4.22. The maximum atomic E-state index is 11.6. The molecule has 0 spiro atoms. The van der Waals surface area contributed by atoms with Crippen LogP contribution in [0.2, 0.25) is 0 Å². The fraction of sp³-hybridized carbons (Fsp3) is 0.250. The van der Waals surface area contributed by atoms with Crippen molar-refractivity contribution in [3.05, 3.63) is 64.2 Å². The first-order chi connectivity index (χ1) is 13.5. The number of carbonyl (C=O) groups is 1. The van der Waals surface area contributed by atoms with Gasteiger partial charge in [0.2, 0.25) is 0 Å². The molecule has 2 aromatic rings. The van der Waals surface area contributed by atoms with Crippen molar-refractivity contribution in [1.82, 2.24) is 0 Å². The average molecular weight is 383 g/mol. The summed E-state index contributed by atoms with van der Waals surface area (Å²) in [7, 11) is 1.27. The van der Waals surface area contributed by atoms with Crippen molar-refractivity contribution >= 4 is 29.1 Å². The number of hydrogen-bond acceptors (Lipinski definition) is 7. The molecule has 3 rings (SSSR count). The van der Waals surface area contributed by atoms with Crippen LogP contribution in [-0.4, -0.2) is 49.3 Å². The second-order valence-electron chi connectivity index (χ2n) is 6.32. The van der Waals surface area contributed by atoms with Gasteiger partial charge < -0.3 is 19.6 Å². The van der Waals surface area contributed by atoms with Gasteiger partial charge in [-0.3, -0.25) is 10.1 Å². The Bertz CT molecular complexity index is 904. The molecule has 1 heterocycles. The molecule has 0 amide bonds. The molecule has 1 aliphatic heterocycles. The van der Waals surface area contributed by atoms with Crippen LogP contribution in [0.4, 0.5) is 17.1 Å². The number of para-hydroxylation sites is 2. The highest BCUT2D eigenvalue weighted by Crippen LogP contribution is 2.32. The molecule has 0 bridgehead atoms. The van der Waals surface area contributed by atoms with Gasteiger partial charge in [0.1, 0.15) is 11.4 Å². The van der Waals surface area contributed by atoms with Crippen LogP contribution in [-0.2, 0) is 9.53 Å². The highest BCUT2D eigenvalue weighted by Gasteiger charge is 2.24. The van der Waals surface area contributed by atoms with Gasteiger partial charge in [-0.05, 0) is 29.8 Å². The number of rotatable bonds is 5. The second-order valence-corrected chi connectivity index (χ2v) is 6.32. The third-order valence-corrected chi connectivity index (χ3v) is 4.65. The normalized spacial score (nSPS) is 14.3. The topological polar surface area (TPSA) is 96.2 Å². The van der Waals surface area contributed by atoms with Crippen molar-refractivity contribution in [3.8, 4) is 5.75 Å². The number of carbonyl (C=O) groups excluding carboxylic acids is 1. The minimum Gasteiger partial charge on any atom is -0.506 e. The van der Waals surface area contributed by atoms with E-state index in [4.69, 9.17) is 0 Å². The highest BCUT2D eigenvalue weighted by atomic mass is 16.6. The highest BCUT2D eigenvalue weighted by molar-refractivity contribution is 5.87. The Labute approximate surface area is 162 Å². The molecule has 0 unspecified atom stereocenters. The van der Waals surface area contributed by atoms with E-state index in [1.165, 1.54) is 25.3 Å². The number of hydrogen-bond donors (Lipinski definition) is 1. The van der Waals surface area contributed by atoms with Gasteiger partial charge in [0, 0.05) is 38.3 Å². The summed E-state index contributed by atoms with van der Waals surface area (Å²) in [6, 6.07) is 12.0. The Morgan fingerprint density at radius 2 is 1.75 bits per heavy atom. The Balaban J connectivity index is 1.77. The van der Waals surface area contributed by atoms with Crippen molar-refractivity contribution in [2.24, 2.45) is 0 Å². The Hall–Kier alpha value is -3.55. The average Bonchev–Trinajstić information content (AvgIpc) is 2.72. The number of phenolic OH excluding ortho intramolecular Hbond substituents is 1. The van der Waals surface area contributed by atoms with E-state index in [1.54, 1.807) is 24.3 Å². The Kier molecular flexibility index (Phi) is 5.78. The molecule has 1 N–H and O–H groups in total. The predicted molar refractivity (Wildman–Crippen MR) is 107 cm³/mol. The quantitative estimate of drug-likeness (QED) is 0.367. The Morgan fingerprint density at radius 3 is 2.36 bits per heavy atom. The lowest BCUT2D eigenvalue weighted by molar-refractivity contribution is -0.384. The molecule has 0 saturated carbocycles. The molecule has 0 atom stereocenters. The van der Waals surface area contributed by atoms with Gasteiger partial charge in [0.15, 0.2) is 0 Å². The fourth-order valence-corrected chi connectivity index (χ4v) is 3.21. The molecule has 146 valence electrons. The van der Waals surface area contributed by atoms with Gasteiger partial charge in [0.25, 0.3) is 5.69 Å². The van der Waals surface area contributed by atoms with E-state index in [-0.39, 0.29) is 11.4 Å². The first-order valence-corrected chi connectivity index (χ1v) is 8.82.